The Labute approximate surface area is 92.3 Å². The molecule has 1 atom stereocenters. The molecule has 2 rings (SSSR count). The Morgan fingerprint density at radius 3 is 2.87 bits per heavy atom. The van der Waals surface area contributed by atoms with Gasteiger partial charge in [0.2, 0.25) is 5.28 Å². The molecule has 1 fully saturated rings. The lowest BCUT2D eigenvalue weighted by atomic mass is 10.1. The molecular formula is C9H11ClN4O. The third-order valence-corrected chi connectivity index (χ3v) is 2.72. The second-order valence-electron chi connectivity index (χ2n) is 3.58. The van der Waals surface area contributed by atoms with E-state index < -0.39 is 5.91 Å². The van der Waals surface area contributed by atoms with E-state index in [1.54, 1.807) is 6.07 Å². The van der Waals surface area contributed by atoms with E-state index in [0.29, 0.717) is 11.9 Å². The van der Waals surface area contributed by atoms with Crippen molar-refractivity contribution in [2.45, 2.75) is 19.4 Å². The molecule has 0 saturated carbocycles. The number of anilines is 1. The van der Waals surface area contributed by atoms with Gasteiger partial charge in [0.05, 0.1) is 0 Å². The zero-order valence-electron chi connectivity index (χ0n) is 8.27. The molecule has 80 valence electrons. The fraction of sp³-hybridized carbons (Fsp3) is 0.444. The second-order valence-corrected chi connectivity index (χ2v) is 3.91. The van der Waals surface area contributed by atoms with Crippen LogP contribution >= 0.6 is 11.6 Å². The fourth-order valence-electron chi connectivity index (χ4n) is 1.54. The predicted octanol–water partition coefficient (Wildman–Crippen LogP) is 0.827. The van der Waals surface area contributed by atoms with Gasteiger partial charge in [0.25, 0.3) is 5.91 Å². The van der Waals surface area contributed by atoms with Crippen molar-refractivity contribution < 1.29 is 4.79 Å². The van der Waals surface area contributed by atoms with Gasteiger partial charge in [-0.25, -0.2) is 9.97 Å². The third kappa shape index (κ3) is 1.87. The average Bonchev–Trinajstić information content (AvgIpc) is 2.14. The van der Waals surface area contributed by atoms with Crippen molar-refractivity contribution >= 4 is 23.3 Å². The maximum atomic E-state index is 11.0. The van der Waals surface area contributed by atoms with Crippen molar-refractivity contribution in [2.75, 3.05) is 11.4 Å². The van der Waals surface area contributed by atoms with Crippen molar-refractivity contribution in [3.8, 4) is 0 Å². The molecule has 0 bridgehead atoms. The number of carbonyl (C=O) groups is 1. The molecule has 6 heteroatoms. The maximum absolute atomic E-state index is 11.0. The van der Waals surface area contributed by atoms with E-state index in [0.717, 1.165) is 13.0 Å². The monoisotopic (exact) mass is 226 g/mol. The molecule has 1 saturated heterocycles. The van der Waals surface area contributed by atoms with E-state index in [1.165, 1.54) is 0 Å². The third-order valence-electron chi connectivity index (χ3n) is 2.55. The first-order valence-electron chi connectivity index (χ1n) is 4.69. The summed E-state index contributed by atoms with van der Waals surface area (Å²) >= 11 is 5.71. The zero-order chi connectivity index (χ0) is 11.0. The smallest absolute Gasteiger partial charge is 0.267 e. The van der Waals surface area contributed by atoms with Crippen LogP contribution in [-0.2, 0) is 0 Å². The summed E-state index contributed by atoms with van der Waals surface area (Å²) in [6.45, 7) is 3.01. The summed E-state index contributed by atoms with van der Waals surface area (Å²) in [4.78, 5) is 20.8. The number of rotatable bonds is 2. The van der Waals surface area contributed by atoms with Crippen LogP contribution in [-0.4, -0.2) is 28.5 Å². The number of nitrogens with zero attached hydrogens (tertiary/aromatic N) is 3. The van der Waals surface area contributed by atoms with Crippen LogP contribution in [0.25, 0.3) is 0 Å². The lowest BCUT2D eigenvalue weighted by Crippen LogP contribution is -2.46. The first kappa shape index (κ1) is 10.2. The molecule has 1 aliphatic heterocycles. The van der Waals surface area contributed by atoms with Gasteiger partial charge < -0.3 is 10.6 Å². The fourth-order valence-corrected chi connectivity index (χ4v) is 1.71. The number of aromatic nitrogens is 2. The minimum Gasteiger partial charge on any atom is -0.364 e. The maximum Gasteiger partial charge on any atom is 0.267 e. The number of halogens is 1. The first-order valence-corrected chi connectivity index (χ1v) is 5.07. The molecule has 1 aromatic rings. The minimum absolute atomic E-state index is 0.0559. The van der Waals surface area contributed by atoms with E-state index in [2.05, 4.69) is 21.8 Å². The van der Waals surface area contributed by atoms with Crippen LogP contribution in [0.1, 0.15) is 23.8 Å². The minimum atomic E-state index is -0.589. The van der Waals surface area contributed by atoms with Gasteiger partial charge in [0.15, 0.2) is 0 Å². The molecule has 0 spiro atoms. The van der Waals surface area contributed by atoms with Crippen molar-refractivity contribution in [1.82, 2.24) is 9.97 Å². The summed E-state index contributed by atoms with van der Waals surface area (Å²) in [7, 11) is 0. The highest BCUT2D eigenvalue weighted by Gasteiger charge is 2.25. The molecule has 1 amide bonds. The number of nitrogens with two attached hydrogens (primary N) is 1. The van der Waals surface area contributed by atoms with Crippen LogP contribution in [0.4, 0.5) is 5.82 Å². The van der Waals surface area contributed by atoms with Gasteiger partial charge in [0, 0.05) is 18.7 Å². The lowest BCUT2D eigenvalue weighted by molar-refractivity contribution is 0.0995. The highest BCUT2D eigenvalue weighted by Crippen LogP contribution is 2.25. The van der Waals surface area contributed by atoms with Gasteiger partial charge in [-0.05, 0) is 24.9 Å². The summed E-state index contributed by atoms with van der Waals surface area (Å²) in [5.74, 6) is 0.0799. The van der Waals surface area contributed by atoms with E-state index >= 15 is 0 Å². The van der Waals surface area contributed by atoms with Crippen LogP contribution in [0.15, 0.2) is 6.07 Å². The summed E-state index contributed by atoms with van der Waals surface area (Å²) in [6, 6.07) is 2.00. The van der Waals surface area contributed by atoms with Gasteiger partial charge in [-0.1, -0.05) is 0 Å². The van der Waals surface area contributed by atoms with Crippen LogP contribution in [0, 0.1) is 0 Å². The van der Waals surface area contributed by atoms with Gasteiger partial charge in [-0.2, -0.15) is 0 Å². The molecule has 5 nitrogen and oxygen atoms in total. The molecular weight excluding hydrogens is 216 g/mol. The number of carbonyl (C=O) groups excluding carboxylic acids is 1. The normalized spacial score (nSPS) is 19.9. The number of amides is 1. The Balaban J connectivity index is 2.35. The molecule has 2 heterocycles. The number of hydrogen-bond donors (Lipinski definition) is 1. The quantitative estimate of drug-likeness (QED) is 0.759. The Morgan fingerprint density at radius 2 is 2.40 bits per heavy atom. The predicted molar refractivity (Wildman–Crippen MR) is 57.0 cm³/mol. The number of primary amides is 1. The topological polar surface area (TPSA) is 72.1 Å². The van der Waals surface area contributed by atoms with Gasteiger partial charge in [-0.3, -0.25) is 4.79 Å². The zero-order valence-corrected chi connectivity index (χ0v) is 9.03. The van der Waals surface area contributed by atoms with Gasteiger partial charge in [-0.15, -0.1) is 0 Å². The highest BCUT2D eigenvalue weighted by atomic mass is 35.5. The molecule has 0 aliphatic carbocycles. The largest absolute Gasteiger partial charge is 0.364 e. The Bertz CT molecular complexity index is 409. The standard InChI is InChI=1S/C9H11ClN4O/c1-5-2-3-14(5)7-4-6(8(11)15)12-9(10)13-7/h4-5H,2-3H2,1H3,(H2,11,15)/t5-/m0/s1. The van der Waals surface area contributed by atoms with Crippen LogP contribution in [0.3, 0.4) is 0 Å². The number of hydrogen-bond acceptors (Lipinski definition) is 4. The van der Waals surface area contributed by atoms with Crippen LogP contribution in [0.2, 0.25) is 5.28 Å². The summed E-state index contributed by atoms with van der Waals surface area (Å²) < 4.78 is 0. The Hall–Kier alpha value is -1.36. The van der Waals surface area contributed by atoms with Crippen LogP contribution in [0.5, 0.6) is 0 Å². The van der Waals surface area contributed by atoms with Gasteiger partial charge >= 0.3 is 0 Å². The van der Waals surface area contributed by atoms with Crippen molar-refractivity contribution in [3.63, 3.8) is 0 Å². The lowest BCUT2D eigenvalue weighted by Gasteiger charge is -2.39. The van der Waals surface area contributed by atoms with Crippen LogP contribution < -0.4 is 10.6 Å². The molecule has 15 heavy (non-hydrogen) atoms. The van der Waals surface area contributed by atoms with E-state index in [1.807, 2.05) is 0 Å². The van der Waals surface area contributed by atoms with E-state index in [4.69, 9.17) is 17.3 Å². The summed E-state index contributed by atoms with van der Waals surface area (Å²) in [5, 5.41) is 0.0559. The SMILES string of the molecule is C[C@H]1CCN1c1cc(C(N)=O)nc(Cl)n1. The summed E-state index contributed by atoms with van der Waals surface area (Å²) in [6.07, 6.45) is 1.12. The van der Waals surface area contributed by atoms with Crippen molar-refractivity contribution in [3.05, 3.63) is 17.0 Å². The molecule has 0 unspecified atom stereocenters. The molecule has 2 N–H and O–H groups in total. The van der Waals surface area contributed by atoms with Gasteiger partial charge in [0.1, 0.15) is 11.5 Å². The molecule has 1 aromatic heterocycles. The Kier molecular flexibility index (Phi) is 2.48. The highest BCUT2D eigenvalue weighted by molar-refractivity contribution is 6.28. The summed E-state index contributed by atoms with van der Waals surface area (Å²) in [5.41, 5.74) is 5.30. The molecule has 0 radical (unpaired) electrons. The average molecular weight is 227 g/mol. The van der Waals surface area contributed by atoms with E-state index in [9.17, 15) is 4.79 Å². The Morgan fingerprint density at radius 1 is 1.67 bits per heavy atom. The second kappa shape index (κ2) is 3.66. The first-order chi connectivity index (χ1) is 7.08. The van der Waals surface area contributed by atoms with E-state index in [-0.39, 0.29) is 11.0 Å². The molecule has 0 aromatic carbocycles. The van der Waals surface area contributed by atoms with Crippen molar-refractivity contribution in [2.24, 2.45) is 5.73 Å². The molecule has 1 aliphatic rings. The van der Waals surface area contributed by atoms with Crippen molar-refractivity contribution in [1.29, 1.82) is 0 Å².